The first kappa shape index (κ1) is 64.4. The minimum Gasteiger partial charge on any atom is -0.870 e. The van der Waals surface area contributed by atoms with E-state index in [9.17, 15) is 32.3 Å². The number of aromatic nitrogens is 6. The maximum absolute atomic E-state index is 13.5. The molecule has 0 unspecified atom stereocenters. The fraction of sp³-hybridized carbons (Fsp3) is 0.643. The number of carbonyl (C=O) groups excluding carboxylic acids is 1. The second kappa shape index (κ2) is 32.7. The molecular weight excluding hydrogens is 992 g/mol. The minimum absolute atomic E-state index is 0. The molecule has 0 radical (unpaired) electrons. The van der Waals surface area contributed by atoms with E-state index in [2.05, 4.69) is 54.8 Å². The van der Waals surface area contributed by atoms with Gasteiger partial charge < -0.3 is 41.2 Å². The number of aliphatic carboxylic acids is 1. The van der Waals surface area contributed by atoms with E-state index in [1.165, 1.54) is 78.7 Å². The van der Waals surface area contributed by atoms with Crippen LogP contribution in [0.3, 0.4) is 0 Å². The van der Waals surface area contributed by atoms with Gasteiger partial charge in [-0.25, -0.2) is 47.1 Å². The van der Waals surface area contributed by atoms with Crippen molar-refractivity contribution in [2.45, 2.75) is 198 Å². The SMILES string of the molecule is CCOC(=O)[C@H](CCCCCCCc1ccc2c(n1)CCCC2)Nc1cc(N2CCC(F)(F)CC2)ncn1.O.O=C(O)[C@H](CCCCCCCc1ccc2c(n1)CCCC2)Nc1cc(N2CCC(F)(F)CC2)ncn1.[Li+].[OH-]. The van der Waals surface area contributed by atoms with Crippen LogP contribution in [0.1, 0.15) is 169 Å². The molecule has 2 aliphatic carbocycles. The molecule has 2 saturated heterocycles. The number of unbranched alkanes of at least 4 members (excludes halogenated alkanes) is 8. The van der Waals surface area contributed by atoms with Crippen LogP contribution in [0, 0.1) is 0 Å². The first-order chi connectivity index (χ1) is 35.8. The van der Waals surface area contributed by atoms with Crippen LogP contribution in [0.5, 0.6) is 0 Å². The summed E-state index contributed by atoms with van der Waals surface area (Å²) in [6.45, 7) is 3.02. The molecule has 0 amide bonds. The second-order valence-corrected chi connectivity index (χ2v) is 20.5. The van der Waals surface area contributed by atoms with Crippen molar-refractivity contribution in [3.63, 3.8) is 0 Å². The van der Waals surface area contributed by atoms with Crippen LogP contribution in [0.2, 0.25) is 0 Å². The summed E-state index contributed by atoms with van der Waals surface area (Å²) in [7, 11) is 0. The van der Waals surface area contributed by atoms with Crippen LogP contribution in [-0.2, 0) is 52.9 Å². The molecule has 77 heavy (non-hydrogen) atoms. The number of esters is 1. The van der Waals surface area contributed by atoms with Crippen molar-refractivity contribution in [1.29, 1.82) is 0 Å². The summed E-state index contributed by atoms with van der Waals surface area (Å²) >= 11 is 0. The number of carboxylic acids is 1. The van der Waals surface area contributed by atoms with E-state index in [1.807, 2.05) is 4.90 Å². The number of nitrogens with zero attached hydrogens (tertiary/aromatic N) is 8. The van der Waals surface area contributed by atoms with Gasteiger partial charge in [-0.3, -0.25) is 9.97 Å². The van der Waals surface area contributed by atoms with Crippen LogP contribution in [0.15, 0.2) is 49.1 Å². The van der Waals surface area contributed by atoms with E-state index < -0.39 is 29.9 Å². The molecule has 8 rings (SSSR count). The summed E-state index contributed by atoms with van der Waals surface area (Å²) in [6.07, 6.45) is 25.1. The average molecular weight is 1070 g/mol. The number of nitrogens with one attached hydrogen (secondary N) is 2. The molecule has 4 aromatic rings. The maximum atomic E-state index is 13.5. The second-order valence-electron chi connectivity index (χ2n) is 20.5. The monoisotopic (exact) mass is 1070 g/mol. The number of fused-ring (bicyclic) bond motifs is 2. The predicted octanol–water partition coefficient (Wildman–Crippen LogP) is 7.35. The number of aryl methyl sites for hydroxylation is 6. The number of carboxylic acid groups (broad SMARTS) is 1. The van der Waals surface area contributed by atoms with E-state index in [4.69, 9.17) is 14.7 Å². The molecule has 2 aliphatic heterocycles. The number of halogens is 4. The van der Waals surface area contributed by atoms with Gasteiger partial charge in [0.2, 0.25) is 0 Å². The summed E-state index contributed by atoms with van der Waals surface area (Å²) in [5.74, 6) is -4.43. The van der Waals surface area contributed by atoms with Gasteiger partial charge in [0.15, 0.2) is 0 Å². The van der Waals surface area contributed by atoms with E-state index >= 15 is 0 Å². The van der Waals surface area contributed by atoms with Gasteiger partial charge in [-0.2, -0.15) is 0 Å². The first-order valence-corrected chi connectivity index (χ1v) is 27.6. The molecule has 4 aliphatic rings. The zero-order valence-electron chi connectivity index (χ0n) is 45.4. The van der Waals surface area contributed by atoms with Gasteiger partial charge in [-0.1, -0.05) is 63.5 Å². The third-order valence-corrected chi connectivity index (χ3v) is 14.8. The van der Waals surface area contributed by atoms with Gasteiger partial charge in [0.1, 0.15) is 48.0 Å². The Kier molecular flexibility index (Phi) is 27.3. The molecule has 21 heteroatoms. The Hall–Kier alpha value is -5.16. The number of rotatable bonds is 25. The Morgan fingerprint density at radius 1 is 0.610 bits per heavy atom. The summed E-state index contributed by atoms with van der Waals surface area (Å²) in [4.78, 5) is 54.6. The topological polar surface area (TPSA) is 233 Å². The molecule has 0 saturated carbocycles. The third-order valence-electron chi connectivity index (χ3n) is 14.8. The average Bonchev–Trinajstić information content (AvgIpc) is 3.40. The van der Waals surface area contributed by atoms with E-state index in [0.29, 0.717) is 42.7 Å². The predicted molar refractivity (Wildman–Crippen MR) is 286 cm³/mol. The van der Waals surface area contributed by atoms with Gasteiger partial charge in [-0.05, 0) is 120 Å². The van der Waals surface area contributed by atoms with Crippen LogP contribution >= 0.6 is 0 Å². The smallest absolute Gasteiger partial charge is 0.870 e. The Balaban J connectivity index is 0.000000320. The molecule has 0 aromatic carbocycles. The van der Waals surface area contributed by atoms with Crippen molar-refractivity contribution in [3.05, 3.63) is 83.0 Å². The molecule has 2 atom stereocenters. The standard InChI is InChI=1S/C29H41F2N5O2.C27H37F2N5O2.Li.2H2O/c1-2-38-28(37)25(35-26-20-27(33-21-32-26)36-18-16-29(30,31)17-19-36)13-7-5-3-4-6-11-23-15-14-22-10-8-9-12-24(22)34-23;28-27(29)14-16-34(17-15-27)25-18-24(30-19-31-25)33-23(26(35)36)11-5-3-1-2-4-9-21-13-12-20-8-6-7-10-22(20)32-21;;;/h14-15,20-21,25H,2-13,16-19H2,1H3,(H,32,33,35);12-13,18-19,23H,1-11,14-17H2,(H,35,36)(H,30,31,33);;2*1H2/q;;+1;;/p-1/t25-;23-;;;/m00.../s1. The maximum Gasteiger partial charge on any atom is 1.00 e. The van der Waals surface area contributed by atoms with Gasteiger partial charge in [0, 0.05) is 86.8 Å². The normalized spacial score (nSPS) is 17.0. The number of anilines is 4. The van der Waals surface area contributed by atoms with Gasteiger partial charge in [0.25, 0.3) is 11.8 Å². The van der Waals surface area contributed by atoms with Gasteiger partial charge in [0.05, 0.1) is 6.61 Å². The van der Waals surface area contributed by atoms with E-state index in [0.717, 1.165) is 96.3 Å². The fourth-order valence-electron chi connectivity index (χ4n) is 10.3. The minimum atomic E-state index is -2.63. The Morgan fingerprint density at radius 2 is 1.01 bits per heavy atom. The number of carbonyl (C=O) groups is 2. The first-order valence-electron chi connectivity index (χ1n) is 27.6. The molecule has 2 fully saturated rings. The molecular formula is C56H81F4LiN10O6. The number of hydrogen-bond donors (Lipinski definition) is 3. The molecule has 0 bridgehead atoms. The fourth-order valence-corrected chi connectivity index (χ4v) is 10.3. The molecule has 4 aromatic heterocycles. The number of pyridine rings is 2. The van der Waals surface area contributed by atoms with Crippen molar-refractivity contribution in [2.24, 2.45) is 0 Å². The van der Waals surface area contributed by atoms with Crippen molar-refractivity contribution >= 4 is 35.2 Å². The van der Waals surface area contributed by atoms with E-state index in [-0.39, 0.29) is 87.6 Å². The molecule has 16 nitrogen and oxygen atoms in total. The Labute approximate surface area is 464 Å². The number of alkyl halides is 4. The molecule has 6 N–H and O–H groups in total. The summed E-state index contributed by atoms with van der Waals surface area (Å²) in [5, 5.41) is 15.8. The number of piperidine rings is 2. The van der Waals surface area contributed by atoms with Crippen LogP contribution in [0.25, 0.3) is 0 Å². The van der Waals surface area contributed by atoms with Gasteiger partial charge >= 0.3 is 30.8 Å². The summed E-state index contributed by atoms with van der Waals surface area (Å²) in [5.41, 5.74) is 7.84. The van der Waals surface area contributed by atoms with Crippen molar-refractivity contribution in [2.75, 3.05) is 53.2 Å². The summed E-state index contributed by atoms with van der Waals surface area (Å²) in [6, 6.07) is 11.0. The van der Waals surface area contributed by atoms with E-state index in [1.54, 1.807) is 24.0 Å². The molecule has 0 spiro atoms. The van der Waals surface area contributed by atoms with Crippen LogP contribution < -0.4 is 39.3 Å². The zero-order valence-corrected chi connectivity index (χ0v) is 45.4. The number of ether oxygens (including phenoxy) is 1. The summed E-state index contributed by atoms with van der Waals surface area (Å²) < 4.78 is 59.2. The Bertz CT molecular complexity index is 2390. The van der Waals surface area contributed by atoms with Crippen LogP contribution in [0.4, 0.5) is 40.8 Å². The Morgan fingerprint density at radius 3 is 1.45 bits per heavy atom. The quantitative estimate of drug-likeness (QED) is 0.0255. The molecule has 6 heterocycles. The molecule has 420 valence electrons. The van der Waals surface area contributed by atoms with Crippen molar-refractivity contribution in [3.8, 4) is 0 Å². The van der Waals surface area contributed by atoms with Crippen LogP contribution in [-0.4, -0.2) is 115 Å². The third kappa shape index (κ3) is 21.2. The zero-order chi connectivity index (χ0) is 52.2. The van der Waals surface area contributed by atoms with Crippen molar-refractivity contribution < 1.29 is 66.8 Å². The number of hydrogen-bond acceptors (Lipinski definition) is 14. The largest absolute Gasteiger partial charge is 1.00 e. The van der Waals surface area contributed by atoms with Gasteiger partial charge in [-0.15, -0.1) is 0 Å². The van der Waals surface area contributed by atoms with Crippen molar-refractivity contribution in [1.82, 2.24) is 29.9 Å².